The van der Waals surface area contributed by atoms with E-state index < -0.39 is 0 Å². The van der Waals surface area contributed by atoms with E-state index >= 15 is 0 Å². The van der Waals surface area contributed by atoms with Crippen LogP contribution in [-0.2, 0) is 6.54 Å². The molecule has 0 saturated heterocycles. The van der Waals surface area contributed by atoms with Gasteiger partial charge in [0.15, 0.2) is 5.82 Å². The van der Waals surface area contributed by atoms with E-state index in [2.05, 4.69) is 20.9 Å². The second-order valence-corrected chi connectivity index (χ2v) is 4.68. The van der Waals surface area contributed by atoms with Crippen molar-refractivity contribution in [3.8, 4) is 5.82 Å². The first-order chi connectivity index (χ1) is 9.20. The number of rotatable bonds is 3. The summed E-state index contributed by atoms with van der Waals surface area (Å²) in [5, 5.41) is 7.73. The molecule has 3 aromatic heterocycles. The Labute approximate surface area is 111 Å². The fourth-order valence-corrected chi connectivity index (χ4v) is 2.38. The lowest BCUT2D eigenvalue weighted by atomic mass is 10.3. The van der Waals surface area contributed by atoms with Crippen molar-refractivity contribution in [3.05, 3.63) is 47.5 Å². The molecule has 0 aliphatic heterocycles. The Morgan fingerprint density at radius 1 is 1.26 bits per heavy atom. The van der Waals surface area contributed by atoms with Crippen molar-refractivity contribution in [1.29, 1.82) is 0 Å². The van der Waals surface area contributed by atoms with Gasteiger partial charge in [-0.05, 0) is 39.1 Å². The zero-order valence-corrected chi connectivity index (χ0v) is 11.4. The molecule has 0 amide bonds. The molecule has 19 heavy (non-hydrogen) atoms. The van der Waals surface area contributed by atoms with Crippen LogP contribution in [0.1, 0.15) is 17.1 Å². The minimum atomic E-state index is 0.749. The number of aryl methyl sites for hydroxylation is 2. The van der Waals surface area contributed by atoms with Gasteiger partial charge in [0.25, 0.3) is 0 Å². The van der Waals surface area contributed by atoms with Gasteiger partial charge in [-0.15, -0.1) is 0 Å². The number of pyridine rings is 1. The van der Waals surface area contributed by atoms with Crippen LogP contribution in [0.4, 0.5) is 0 Å². The number of nitrogens with one attached hydrogen (secondary N) is 1. The van der Waals surface area contributed by atoms with E-state index in [4.69, 9.17) is 4.98 Å². The van der Waals surface area contributed by atoms with E-state index in [-0.39, 0.29) is 0 Å². The Hall–Kier alpha value is -2.14. The third-order valence-corrected chi connectivity index (χ3v) is 3.16. The molecule has 0 bridgehead atoms. The molecule has 0 radical (unpaired) electrons. The van der Waals surface area contributed by atoms with Crippen LogP contribution in [0.5, 0.6) is 0 Å². The normalized spacial score (nSPS) is 11.3. The number of imidazole rings is 1. The standard InChI is InChI=1S/C14H17N5/c1-10-8-11(2)19(17-10)14-12(9-15-3)18-7-5-4-6-13(18)16-14/h4-8,15H,9H2,1-3H3. The van der Waals surface area contributed by atoms with Gasteiger partial charge < -0.3 is 9.72 Å². The third-order valence-electron chi connectivity index (χ3n) is 3.16. The third kappa shape index (κ3) is 1.92. The highest BCUT2D eigenvalue weighted by atomic mass is 15.3. The maximum absolute atomic E-state index is 4.70. The zero-order valence-electron chi connectivity index (χ0n) is 11.4. The van der Waals surface area contributed by atoms with E-state index in [1.54, 1.807) is 0 Å². The smallest absolute Gasteiger partial charge is 0.177 e. The molecule has 98 valence electrons. The SMILES string of the molecule is CNCc1c(-n2nc(C)cc2C)nc2ccccn12. The van der Waals surface area contributed by atoms with E-state index in [1.165, 1.54) is 0 Å². The van der Waals surface area contributed by atoms with Crippen LogP contribution in [-0.4, -0.2) is 26.2 Å². The van der Waals surface area contributed by atoms with Crippen molar-refractivity contribution in [2.45, 2.75) is 20.4 Å². The Balaban J connectivity index is 2.27. The largest absolute Gasteiger partial charge is 0.314 e. The van der Waals surface area contributed by atoms with Crippen LogP contribution < -0.4 is 5.32 Å². The van der Waals surface area contributed by atoms with Gasteiger partial charge in [-0.25, -0.2) is 9.67 Å². The van der Waals surface area contributed by atoms with Gasteiger partial charge in [-0.2, -0.15) is 5.10 Å². The maximum Gasteiger partial charge on any atom is 0.177 e. The fraction of sp³-hybridized carbons (Fsp3) is 0.286. The first-order valence-corrected chi connectivity index (χ1v) is 6.35. The number of hydrogen-bond acceptors (Lipinski definition) is 3. The van der Waals surface area contributed by atoms with E-state index in [0.717, 1.165) is 35.1 Å². The molecular formula is C14H17N5. The van der Waals surface area contributed by atoms with Crippen molar-refractivity contribution < 1.29 is 0 Å². The topological polar surface area (TPSA) is 47.2 Å². The predicted molar refractivity (Wildman–Crippen MR) is 74.6 cm³/mol. The van der Waals surface area contributed by atoms with Crippen LogP contribution in [0.3, 0.4) is 0 Å². The minimum Gasteiger partial charge on any atom is -0.314 e. The Morgan fingerprint density at radius 2 is 2.11 bits per heavy atom. The quantitative estimate of drug-likeness (QED) is 0.777. The van der Waals surface area contributed by atoms with Crippen LogP contribution in [0.2, 0.25) is 0 Å². The van der Waals surface area contributed by atoms with Crippen LogP contribution in [0.25, 0.3) is 11.5 Å². The summed E-state index contributed by atoms with van der Waals surface area (Å²) in [7, 11) is 1.94. The summed E-state index contributed by atoms with van der Waals surface area (Å²) < 4.78 is 4.01. The Bertz CT molecular complexity index is 723. The van der Waals surface area contributed by atoms with Crippen molar-refractivity contribution in [2.24, 2.45) is 0 Å². The molecular weight excluding hydrogens is 238 g/mol. The van der Waals surface area contributed by atoms with Crippen molar-refractivity contribution >= 4 is 5.65 Å². The molecule has 0 saturated carbocycles. The lowest BCUT2D eigenvalue weighted by Crippen LogP contribution is -2.12. The van der Waals surface area contributed by atoms with Gasteiger partial charge in [-0.3, -0.25) is 0 Å². The van der Waals surface area contributed by atoms with Crippen molar-refractivity contribution in [1.82, 2.24) is 24.5 Å². The molecule has 1 N–H and O–H groups in total. The molecule has 0 unspecified atom stereocenters. The molecule has 0 spiro atoms. The highest BCUT2D eigenvalue weighted by molar-refractivity contribution is 5.49. The van der Waals surface area contributed by atoms with Crippen LogP contribution in [0, 0.1) is 13.8 Å². The van der Waals surface area contributed by atoms with Gasteiger partial charge in [0.2, 0.25) is 0 Å². The summed E-state index contributed by atoms with van der Waals surface area (Å²) in [5.74, 6) is 0.895. The minimum absolute atomic E-state index is 0.749. The van der Waals surface area contributed by atoms with Crippen LogP contribution >= 0.6 is 0 Å². The van der Waals surface area contributed by atoms with Gasteiger partial charge >= 0.3 is 0 Å². The van der Waals surface area contributed by atoms with E-state index in [9.17, 15) is 0 Å². The highest BCUT2D eigenvalue weighted by Gasteiger charge is 2.15. The fourth-order valence-electron chi connectivity index (χ4n) is 2.38. The van der Waals surface area contributed by atoms with Crippen LogP contribution in [0.15, 0.2) is 30.5 Å². The summed E-state index contributed by atoms with van der Waals surface area (Å²) in [6.45, 7) is 4.79. The summed E-state index contributed by atoms with van der Waals surface area (Å²) in [5.41, 5.74) is 4.16. The summed E-state index contributed by atoms with van der Waals surface area (Å²) >= 11 is 0. The number of nitrogens with zero attached hydrogens (tertiary/aromatic N) is 4. The molecule has 0 aromatic carbocycles. The van der Waals surface area contributed by atoms with Crippen molar-refractivity contribution in [2.75, 3.05) is 7.05 Å². The predicted octanol–water partition coefficient (Wildman–Crippen LogP) is 1.86. The first kappa shape index (κ1) is 11.9. The molecule has 5 nitrogen and oxygen atoms in total. The maximum atomic E-state index is 4.70. The second-order valence-electron chi connectivity index (χ2n) is 4.68. The van der Waals surface area contributed by atoms with E-state index in [1.807, 2.05) is 50.0 Å². The molecule has 0 aliphatic carbocycles. The van der Waals surface area contributed by atoms with Gasteiger partial charge in [-0.1, -0.05) is 6.07 Å². The molecule has 5 heteroatoms. The van der Waals surface area contributed by atoms with Gasteiger partial charge in [0.05, 0.1) is 11.4 Å². The zero-order chi connectivity index (χ0) is 13.4. The summed E-state index contributed by atoms with van der Waals surface area (Å²) in [6, 6.07) is 8.08. The van der Waals surface area contributed by atoms with Gasteiger partial charge in [0.1, 0.15) is 5.65 Å². The monoisotopic (exact) mass is 255 g/mol. The average Bonchev–Trinajstić information content (AvgIpc) is 2.91. The average molecular weight is 255 g/mol. The Morgan fingerprint density at radius 3 is 2.79 bits per heavy atom. The molecule has 0 fully saturated rings. The first-order valence-electron chi connectivity index (χ1n) is 6.35. The molecule has 3 heterocycles. The second kappa shape index (κ2) is 4.51. The lowest BCUT2D eigenvalue weighted by molar-refractivity contribution is 0.744. The van der Waals surface area contributed by atoms with E-state index in [0.29, 0.717) is 0 Å². The Kier molecular flexibility index (Phi) is 2.83. The summed E-state index contributed by atoms with van der Waals surface area (Å²) in [6.07, 6.45) is 2.03. The highest BCUT2D eigenvalue weighted by Crippen LogP contribution is 2.18. The van der Waals surface area contributed by atoms with Crippen molar-refractivity contribution in [3.63, 3.8) is 0 Å². The molecule has 3 aromatic rings. The molecule has 3 rings (SSSR count). The van der Waals surface area contributed by atoms with Gasteiger partial charge in [0, 0.05) is 18.4 Å². The summed E-state index contributed by atoms with van der Waals surface area (Å²) in [4.78, 5) is 4.70. The molecule has 0 aliphatic rings. The molecule has 0 atom stereocenters. The number of aromatic nitrogens is 4. The number of fused-ring (bicyclic) bond motifs is 1. The number of hydrogen-bond donors (Lipinski definition) is 1. The lowest BCUT2D eigenvalue weighted by Gasteiger charge is -2.05.